The number of hydrogen-bond donors (Lipinski definition) is 1. The Morgan fingerprint density at radius 2 is 2.08 bits per heavy atom. The Bertz CT molecular complexity index is 682. The number of nitrogens with zero attached hydrogens (tertiary/aromatic N) is 4. The molecule has 6 heteroatoms. The summed E-state index contributed by atoms with van der Waals surface area (Å²) < 4.78 is 2.03. The Hall–Kier alpha value is -1.57. The molecule has 5 nitrogen and oxygen atoms in total. The van der Waals surface area contributed by atoms with Gasteiger partial charge in [0.2, 0.25) is 0 Å². The number of hydrogen-bond acceptors (Lipinski definition) is 2. The van der Waals surface area contributed by atoms with E-state index in [9.17, 15) is 0 Å². The first-order chi connectivity index (χ1) is 11.1. The molecule has 1 aromatic heterocycles. The molecule has 1 atom stereocenters. The van der Waals surface area contributed by atoms with E-state index in [-0.39, 0.29) is 29.4 Å². The summed E-state index contributed by atoms with van der Waals surface area (Å²) >= 11 is 0. The third-order valence-corrected chi connectivity index (χ3v) is 4.78. The van der Waals surface area contributed by atoms with Crippen LogP contribution in [0.5, 0.6) is 0 Å². The van der Waals surface area contributed by atoms with Crippen molar-refractivity contribution >= 4 is 29.9 Å². The van der Waals surface area contributed by atoms with Gasteiger partial charge in [0.1, 0.15) is 5.82 Å². The van der Waals surface area contributed by atoms with Crippen LogP contribution >= 0.6 is 24.0 Å². The molecule has 1 unspecified atom stereocenters. The normalized spacial score (nSPS) is 20.8. The third-order valence-electron chi connectivity index (χ3n) is 4.78. The number of likely N-dealkylation sites (tertiary alicyclic amines) is 1. The number of rotatable bonds is 3. The lowest BCUT2D eigenvalue weighted by Crippen LogP contribution is -2.41. The van der Waals surface area contributed by atoms with Crippen LogP contribution in [-0.4, -0.2) is 40.5 Å². The summed E-state index contributed by atoms with van der Waals surface area (Å²) in [5, 5.41) is 3.44. The lowest BCUT2D eigenvalue weighted by molar-refractivity contribution is 0.437. The number of benzene rings is 1. The molecule has 1 aromatic carbocycles. The predicted octanol–water partition coefficient (Wildman–Crippen LogP) is 2.78. The lowest BCUT2D eigenvalue weighted by Gasteiger charge is -2.27. The zero-order valence-corrected chi connectivity index (χ0v) is 16.9. The maximum atomic E-state index is 4.45. The highest BCUT2D eigenvalue weighted by Gasteiger charge is 2.36. The average Bonchev–Trinajstić information content (AvgIpc) is 3.16. The first-order valence-electron chi connectivity index (χ1n) is 8.10. The van der Waals surface area contributed by atoms with Gasteiger partial charge in [0.05, 0.1) is 6.54 Å². The van der Waals surface area contributed by atoms with Crippen LogP contribution in [0.1, 0.15) is 24.7 Å². The van der Waals surface area contributed by atoms with E-state index in [1.807, 2.05) is 31.1 Å². The van der Waals surface area contributed by atoms with E-state index in [1.165, 1.54) is 5.56 Å². The van der Waals surface area contributed by atoms with E-state index < -0.39 is 0 Å². The molecular weight excluding hydrogens is 413 g/mol. The van der Waals surface area contributed by atoms with E-state index in [2.05, 4.69) is 57.4 Å². The number of halogens is 1. The first kappa shape index (κ1) is 18.8. The highest BCUT2D eigenvalue weighted by molar-refractivity contribution is 14.0. The van der Waals surface area contributed by atoms with Crippen molar-refractivity contribution in [1.82, 2.24) is 19.8 Å². The van der Waals surface area contributed by atoms with Crippen molar-refractivity contribution < 1.29 is 0 Å². The van der Waals surface area contributed by atoms with Crippen molar-refractivity contribution in [2.45, 2.75) is 25.3 Å². The van der Waals surface area contributed by atoms with Gasteiger partial charge in [-0.2, -0.15) is 0 Å². The third kappa shape index (κ3) is 3.91. The topological polar surface area (TPSA) is 45.5 Å². The number of nitrogens with one attached hydrogen (secondary N) is 1. The molecule has 0 saturated carbocycles. The molecule has 3 rings (SSSR count). The summed E-state index contributed by atoms with van der Waals surface area (Å²) in [5.41, 5.74) is 1.59. The van der Waals surface area contributed by atoms with Gasteiger partial charge < -0.3 is 14.8 Å². The Balaban J connectivity index is 0.00000208. The van der Waals surface area contributed by atoms with Crippen LogP contribution in [-0.2, 0) is 19.0 Å². The second-order valence-electron chi connectivity index (χ2n) is 6.45. The Labute approximate surface area is 161 Å². The fourth-order valence-electron chi connectivity index (χ4n) is 3.28. The second-order valence-corrected chi connectivity index (χ2v) is 6.45. The number of aliphatic imine (C=N–C) groups is 1. The van der Waals surface area contributed by atoms with E-state index in [1.54, 1.807) is 0 Å². The smallest absolute Gasteiger partial charge is 0.194 e. The van der Waals surface area contributed by atoms with Crippen molar-refractivity contribution in [2.75, 3.05) is 20.1 Å². The van der Waals surface area contributed by atoms with Gasteiger partial charge in [-0.15, -0.1) is 24.0 Å². The fraction of sp³-hybridized carbons (Fsp3) is 0.444. The van der Waals surface area contributed by atoms with Gasteiger partial charge in [-0.1, -0.05) is 37.3 Å². The van der Waals surface area contributed by atoms with Gasteiger partial charge in [-0.05, 0) is 12.0 Å². The van der Waals surface area contributed by atoms with Crippen molar-refractivity contribution in [1.29, 1.82) is 0 Å². The number of aryl methyl sites for hydroxylation is 1. The molecule has 0 aliphatic carbocycles. The summed E-state index contributed by atoms with van der Waals surface area (Å²) in [6, 6.07) is 10.8. The van der Waals surface area contributed by atoms with Crippen LogP contribution in [0.15, 0.2) is 47.7 Å². The maximum absolute atomic E-state index is 4.45. The molecule has 2 aromatic rings. The molecular formula is C18H26IN5. The van der Waals surface area contributed by atoms with Gasteiger partial charge in [0, 0.05) is 45.0 Å². The van der Waals surface area contributed by atoms with Crippen molar-refractivity contribution in [3.05, 3.63) is 54.1 Å². The Morgan fingerprint density at radius 1 is 1.33 bits per heavy atom. The zero-order valence-electron chi connectivity index (χ0n) is 14.6. The molecule has 1 saturated heterocycles. The summed E-state index contributed by atoms with van der Waals surface area (Å²) in [7, 11) is 3.86. The number of aromatic nitrogens is 2. The van der Waals surface area contributed by atoms with Gasteiger partial charge in [-0.25, -0.2) is 4.98 Å². The van der Waals surface area contributed by atoms with Crippen molar-refractivity contribution in [2.24, 2.45) is 12.0 Å². The zero-order chi connectivity index (χ0) is 16.3. The van der Waals surface area contributed by atoms with Gasteiger partial charge in [0.25, 0.3) is 0 Å². The lowest BCUT2D eigenvalue weighted by atomic mass is 9.82. The molecule has 0 amide bonds. The fourth-order valence-corrected chi connectivity index (χ4v) is 3.28. The molecule has 0 spiro atoms. The highest BCUT2D eigenvalue weighted by atomic mass is 127. The number of guanidine groups is 1. The molecule has 0 bridgehead atoms. The molecule has 1 aliphatic heterocycles. The standard InChI is InChI=1S/C18H25N5.HI/c1-18(15-7-5-4-6-8-15)9-11-23(14-18)17(19-2)21-13-16-20-10-12-22(16)3;/h4-8,10,12H,9,11,13-14H2,1-3H3,(H,19,21);1H. The Kier molecular flexibility index (Phi) is 6.26. The van der Waals surface area contributed by atoms with E-state index in [4.69, 9.17) is 0 Å². The summed E-state index contributed by atoms with van der Waals surface area (Å²) in [5.74, 6) is 1.96. The minimum Gasteiger partial charge on any atom is -0.349 e. The van der Waals surface area contributed by atoms with Crippen molar-refractivity contribution in [3.63, 3.8) is 0 Å². The van der Waals surface area contributed by atoms with Crippen LogP contribution in [0.4, 0.5) is 0 Å². The monoisotopic (exact) mass is 439 g/mol. The predicted molar refractivity (Wildman–Crippen MR) is 109 cm³/mol. The molecule has 1 aliphatic rings. The number of imidazole rings is 1. The highest BCUT2D eigenvalue weighted by Crippen LogP contribution is 2.33. The summed E-state index contributed by atoms with van der Waals surface area (Å²) in [6.07, 6.45) is 4.92. The molecule has 0 radical (unpaired) electrons. The summed E-state index contributed by atoms with van der Waals surface area (Å²) in [6.45, 7) is 5.03. The van der Waals surface area contributed by atoms with E-state index >= 15 is 0 Å². The van der Waals surface area contributed by atoms with E-state index in [0.717, 1.165) is 31.3 Å². The minimum atomic E-state index is 0. The molecule has 1 fully saturated rings. The molecule has 1 N–H and O–H groups in total. The summed E-state index contributed by atoms with van der Waals surface area (Å²) in [4.78, 5) is 11.1. The molecule has 2 heterocycles. The quantitative estimate of drug-likeness (QED) is 0.455. The van der Waals surface area contributed by atoms with Crippen LogP contribution < -0.4 is 5.32 Å². The van der Waals surface area contributed by atoms with E-state index in [0.29, 0.717) is 6.54 Å². The SMILES string of the molecule is CN=C(NCc1nccn1C)N1CCC(C)(c2ccccc2)C1.I. The molecule has 130 valence electrons. The Morgan fingerprint density at radius 3 is 2.71 bits per heavy atom. The van der Waals surface area contributed by atoms with Crippen LogP contribution in [0.25, 0.3) is 0 Å². The second kappa shape index (κ2) is 8.00. The largest absolute Gasteiger partial charge is 0.349 e. The van der Waals surface area contributed by atoms with Crippen LogP contribution in [0, 0.1) is 0 Å². The van der Waals surface area contributed by atoms with Gasteiger partial charge in [-0.3, -0.25) is 4.99 Å². The van der Waals surface area contributed by atoms with Gasteiger partial charge >= 0.3 is 0 Å². The minimum absolute atomic E-state index is 0. The first-order valence-corrected chi connectivity index (χ1v) is 8.10. The maximum Gasteiger partial charge on any atom is 0.194 e. The van der Waals surface area contributed by atoms with Crippen LogP contribution in [0.3, 0.4) is 0 Å². The molecule has 24 heavy (non-hydrogen) atoms. The van der Waals surface area contributed by atoms with Crippen molar-refractivity contribution in [3.8, 4) is 0 Å². The van der Waals surface area contributed by atoms with Gasteiger partial charge in [0.15, 0.2) is 5.96 Å². The van der Waals surface area contributed by atoms with Crippen LogP contribution in [0.2, 0.25) is 0 Å². The average molecular weight is 439 g/mol.